The summed E-state index contributed by atoms with van der Waals surface area (Å²) in [7, 11) is 1.53. The van der Waals surface area contributed by atoms with E-state index >= 15 is 0 Å². The summed E-state index contributed by atoms with van der Waals surface area (Å²) in [6, 6.07) is -0.588. The summed E-state index contributed by atoms with van der Waals surface area (Å²) in [5, 5.41) is 0. The van der Waals surface area contributed by atoms with Gasteiger partial charge in [-0.1, -0.05) is 13.3 Å². The fourth-order valence-electron chi connectivity index (χ4n) is 1.65. The highest BCUT2D eigenvalue weighted by Gasteiger charge is 2.20. The predicted octanol–water partition coefficient (Wildman–Crippen LogP) is 1.79. The molecule has 1 aromatic rings. The Bertz CT molecular complexity index is 400. The molecule has 0 spiro atoms. The van der Waals surface area contributed by atoms with Gasteiger partial charge in [-0.2, -0.15) is 8.78 Å². The van der Waals surface area contributed by atoms with Gasteiger partial charge < -0.3 is 10.6 Å². The van der Waals surface area contributed by atoms with E-state index in [-0.39, 0.29) is 30.7 Å². The van der Waals surface area contributed by atoms with Crippen LogP contribution in [0, 0.1) is 0 Å². The molecule has 0 saturated heterocycles. The first-order valence-electron chi connectivity index (χ1n) is 5.77. The lowest BCUT2D eigenvalue weighted by Crippen LogP contribution is -2.41. The van der Waals surface area contributed by atoms with Crippen molar-refractivity contribution in [3.8, 4) is 0 Å². The van der Waals surface area contributed by atoms with Crippen LogP contribution in [-0.2, 0) is 11.3 Å². The van der Waals surface area contributed by atoms with Gasteiger partial charge in [0.1, 0.15) is 5.82 Å². The second-order valence-electron chi connectivity index (χ2n) is 4.12. The lowest BCUT2D eigenvalue weighted by molar-refractivity contribution is -0.132. The zero-order chi connectivity index (χ0) is 13.7. The number of alkyl halides is 2. The Kier molecular flexibility index (Phi) is 7.55. The first kappa shape index (κ1) is 17.8. The van der Waals surface area contributed by atoms with Gasteiger partial charge >= 0.3 is 6.55 Å². The minimum atomic E-state index is -2.66. The molecule has 2 N–H and O–H groups in total. The number of halogens is 3. The van der Waals surface area contributed by atoms with E-state index in [1.165, 1.54) is 24.3 Å². The summed E-state index contributed by atoms with van der Waals surface area (Å²) in [5.41, 5.74) is 5.69. The quantitative estimate of drug-likeness (QED) is 0.870. The van der Waals surface area contributed by atoms with Gasteiger partial charge in [-0.25, -0.2) is 4.98 Å². The van der Waals surface area contributed by atoms with E-state index in [9.17, 15) is 13.6 Å². The number of nitrogens with two attached hydrogens (primary N) is 1. The third-order valence-corrected chi connectivity index (χ3v) is 2.63. The van der Waals surface area contributed by atoms with E-state index in [0.717, 1.165) is 11.0 Å². The van der Waals surface area contributed by atoms with Crippen molar-refractivity contribution in [2.24, 2.45) is 5.73 Å². The molecule has 1 heterocycles. The molecule has 19 heavy (non-hydrogen) atoms. The molecule has 0 aromatic carbocycles. The van der Waals surface area contributed by atoms with Crippen molar-refractivity contribution in [1.29, 1.82) is 0 Å². The molecule has 0 fully saturated rings. The Morgan fingerprint density at radius 2 is 2.21 bits per heavy atom. The minimum absolute atomic E-state index is 0. The number of amides is 1. The van der Waals surface area contributed by atoms with E-state index < -0.39 is 12.6 Å². The third kappa shape index (κ3) is 4.76. The average molecular weight is 297 g/mol. The van der Waals surface area contributed by atoms with E-state index in [2.05, 4.69) is 4.98 Å². The lowest BCUT2D eigenvalue weighted by Gasteiger charge is -2.21. The number of aromatic nitrogens is 2. The zero-order valence-corrected chi connectivity index (χ0v) is 11.7. The molecule has 0 saturated carbocycles. The van der Waals surface area contributed by atoms with E-state index in [0.29, 0.717) is 6.42 Å². The normalized spacial score (nSPS) is 12.1. The van der Waals surface area contributed by atoms with Crippen molar-refractivity contribution in [1.82, 2.24) is 14.5 Å². The summed E-state index contributed by atoms with van der Waals surface area (Å²) in [6.45, 7) is -0.708. The molecule has 1 atom stereocenters. The zero-order valence-electron chi connectivity index (χ0n) is 10.9. The minimum Gasteiger partial charge on any atom is -0.337 e. The van der Waals surface area contributed by atoms with Crippen LogP contribution in [0.2, 0.25) is 0 Å². The summed E-state index contributed by atoms with van der Waals surface area (Å²) >= 11 is 0. The van der Waals surface area contributed by atoms with Crippen LogP contribution in [-0.4, -0.2) is 33.4 Å². The first-order valence-corrected chi connectivity index (χ1v) is 5.77. The van der Waals surface area contributed by atoms with Crippen molar-refractivity contribution in [3.63, 3.8) is 0 Å². The van der Waals surface area contributed by atoms with Crippen LogP contribution in [0.1, 0.15) is 32.1 Å². The highest BCUT2D eigenvalue weighted by atomic mass is 35.5. The molecule has 5 nitrogen and oxygen atoms in total. The maximum Gasteiger partial charge on any atom is 0.319 e. The fraction of sp³-hybridized carbons (Fsp3) is 0.636. The number of carbonyl (C=O) groups excluding carboxylic acids is 1. The van der Waals surface area contributed by atoms with E-state index in [1.54, 1.807) is 0 Å². The van der Waals surface area contributed by atoms with Crippen LogP contribution in [0.15, 0.2) is 12.4 Å². The molecule has 8 heteroatoms. The Balaban J connectivity index is 0.00000324. The molecule has 1 aromatic heterocycles. The van der Waals surface area contributed by atoms with Gasteiger partial charge in [0.25, 0.3) is 0 Å². The maximum absolute atomic E-state index is 12.6. The second kappa shape index (κ2) is 8.06. The predicted molar refractivity (Wildman–Crippen MR) is 70.1 cm³/mol. The monoisotopic (exact) mass is 296 g/mol. The molecule has 0 aliphatic carbocycles. The van der Waals surface area contributed by atoms with Crippen LogP contribution in [0.3, 0.4) is 0 Å². The van der Waals surface area contributed by atoms with Crippen LogP contribution in [0.4, 0.5) is 8.78 Å². The largest absolute Gasteiger partial charge is 0.337 e. The molecule has 1 amide bonds. The number of carbonyl (C=O) groups is 1. The fourth-order valence-corrected chi connectivity index (χ4v) is 1.65. The van der Waals surface area contributed by atoms with Crippen molar-refractivity contribution in [2.45, 2.75) is 38.9 Å². The molecule has 0 radical (unpaired) electrons. The third-order valence-electron chi connectivity index (χ3n) is 2.63. The van der Waals surface area contributed by atoms with Crippen LogP contribution < -0.4 is 5.73 Å². The Labute approximate surface area is 117 Å². The van der Waals surface area contributed by atoms with Gasteiger partial charge in [-0.15, -0.1) is 12.4 Å². The maximum atomic E-state index is 12.6. The smallest absolute Gasteiger partial charge is 0.319 e. The van der Waals surface area contributed by atoms with Crippen LogP contribution in [0.25, 0.3) is 0 Å². The SMILES string of the molecule is CCCC(N)C(=O)N(C)Cc1nccn1C(F)F.Cl. The molecule has 0 bridgehead atoms. The molecule has 0 aliphatic rings. The second-order valence-corrected chi connectivity index (χ2v) is 4.12. The standard InChI is InChI=1S/C11H18F2N4O.ClH/c1-3-4-8(14)10(18)16(2)7-9-15-5-6-17(9)11(12)13;/h5-6,8,11H,3-4,7,14H2,1-2H3;1H. The van der Waals surface area contributed by atoms with E-state index in [4.69, 9.17) is 5.73 Å². The summed E-state index contributed by atoms with van der Waals surface area (Å²) in [4.78, 5) is 17.0. The van der Waals surface area contributed by atoms with Crippen molar-refractivity contribution in [2.75, 3.05) is 7.05 Å². The number of rotatable bonds is 6. The van der Waals surface area contributed by atoms with Crippen LogP contribution >= 0.6 is 12.4 Å². The number of hydrogen-bond donors (Lipinski definition) is 1. The number of likely N-dealkylation sites (N-methyl/N-ethyl adjacent to an activating group) is 1. The number of imidazole rings is 1. The van der Waals surface area contributed by atoms with Crippen molar-refractivity contribution < 1.29 is 13.6 Å². The lowest BCUT2D eigenvalue weighted by atomic mass is 10.1. The summed E-state index contributed by atoms with van der Waals surface area (Å²) in [5.74, 6) is -0.120. The average Bonchev–Trinajstić information content (AvgIpc) is 2.76. The highest BCUT2D eigenvalue weighted by Crippen LogP contribution is 2.13. The van der Waals surface area contributed by atoms with Gasteiger partial charge in [-0.05, 0) is 6.42 Å². The molecule has 1 unspecified atom stereocenters. The molecular weight excluding hydrogens is 278 g/mol. The van der Waals surface area contributed by atoms with Crippen molar-refractivity contribution in [3.05, 3.63) is 18.2 Å². The van der Waals surface area contributed by atoms with Gasteiger partial charge in [0.2, 0.25) is 5.91 Å². The van der Waals surface area contributed by atoms with Crippen molar-refractivity contribution >= 4 is 18.3 Å². The topological polar surface area (TPSA) is 64.2 Å². The summed E-state index contributed by atoms with van der Waals surface area (Å²) < 4.78 is 25.9. The Hall–Kier alpha value is -1.21. The van der Waals surface area contributed by atoms with Gasteiger partial charge in [-0.3, -0.25) is 9.36 Å². The van der Waals surface area contributed by atoms with Crippen LogP contribution in [0.5, 0.6) is 0 Å². The molecule has 110 valence electrons. The Morgan fingerprint density at radius 1 is 1.58 bits per heavy atom. The highest BCUT2D eigenvalue weighted by molar-refractivity contribution is 5.85. The molecule has 1 rings (SSSR count). The molecule has 0 aliphatic heterocycles. The number of nitrogens with zero attached hydrogens (tertiary/aromatic N) is 3. The molecular formula is C11H19ClF2N4O. The van der Waals surface area contributed by atoms with E-state index in [1.807, 2.05) is 6.92 Å². The van der Waals surface area contributed by atoms with Gasteiger partial charge in [0.05, 0.1) is 12.6 Å². The van der Waals surface area contributed by atoms with Gasteiger partial charge in [0.15, 0.2) is 0 Å². The first-order chi connectivity index (χ1) is 8.47. The number of hydrogen-bond acceptors (Lipinski definition) is 3. The Morgan fingerprint density at radius 3 is 2.74 bits per heavy atom. The summed E-state index contributed by atoms with van der Waals surface area (Å²) in [6.07, 6.45) is 3.84. The van der Waals surface area contributed by atoms with Gasteiger partial charge in [0, 0.05) is 19.4 Å².